The van der Waals surface area contributed by atoms with Crippen LogP contribution in [0.5, 0.6) is 5.75 Å². The summed E-state index contributed by atoms with van der Waals surface area (Å²) >= 11 is 6.38. The Kier molecular flexibility index (Phi) is 5.31. The van der Waals surface area contributed by atoms with E-state index in [1.807, 2.05) is 65.6 Å². The zero-order valence-corrected chi connectivity index (χ0v) is 16.4. The van der Waals surface area contributed by atoms with Gasteiger partial charge in [0.2, 0.25) is 0 Å². The molecule has 0 N–H and O–H groups in total. The Morgan fingerprint density at radius 1 is 1.11 bits per heavy atom. The van der Waals surface area contributed by atoms with E-state index in [1.54, 1.807) is 13.3 Å². The molecule has 4 rings (SSSR count). The lowest BCUT2D eigenvalue weighted by Gasteiger charge is -2.26. The maximum Gasteiger partial charge on any atom is 0.254 e. The summed E-state index contributed by atoms with van der Waals surface area (Å²) in [5.41, 5.74) is 3.36. The van der Waals surface area contributed by atoms with Gasteiger partial charge in [0.05, 0.1) is 13.2 Å². The molecule has 0 saturated carbocycles. The van der Waals surface area contributed by atoms with Crippen molar-refractivity contribution >= 4 is 17.5 Å². The van der Waals surface area contributed by atoms with Crippen molar-refractivity contribution in [2.45, 2.75) is 18.9 Å². The van der Waals surface area contributed by atoms with Crippen molar-refractivity contribution in [2.24, 2.45) is 0 Å². The lowest BCUT2D eigenvalue weighted by Crippen LogP contribution is -2.30. The fourth-order valence-corrected chi connectivity index (χ4v) is 4.05. The molecule has 1 aliphatic rings. The molecule has 0 radical (unpaired) electrons. The van der Waals surface area contributed by atoms with Crippen LogP contribution >= 0.6 is 11.6 Å². The number of methoxy groups -OCH3 is 1. The number of pyridine rings is 1. The molecule has 1 amide bonds. The number of carbonyl (C=O) groups is 1. The maximum absolute atomic E-state index is 13.2. The van der Waals surface area contributed by atoms with Gasteiger partial charge in [-0.2, -0.15) is 0 Å². The van der Waals surface area contributed by atoms with Gasteiger partial charge in [-0.3, -0.25) is 9.78 Å². The van der Waals surface area contributed by atoms with Crippen molar-refractivity contribution in [1.82, 2.24) is 9.88 Å². The Morgan fingerprint density at radius 3 is 2.64 bits per heavy atom. The lowest BCUT2D eigenvalue weighted by molar-refractivity contribution is 0.0736. The Morgan fingerprint density at radius 2 is 1.89 bits per heavy atom. The van der Waals surface area contributed by atoms with Gasteiger partial charge in [-0.05, 0) is 48.7 Å². The van der Waals surface area contributed by atoms with E-state index >= 15 is 0 Å². The summed E-state index contributed by atoms with van der Waals surface area (Å²) in [6.07, 6.45) is 3.64. The number of rotatable bonds is 4. The number of halogens is 1. The number of hydrogen-bond donors (Lipinski definition) is 0. The number of ether oxygens (including phenoxy) is 1. The van der Waals surface area contributed by atoms with Crippen molar-refractivity contribution < 1.29 is 9.53 Å². The standard InChI is InChI=1S/C23H21ClN2O2/c1-28-21-9-4-14-25-22(21)16-10-12-17(13-11-16)23(27)26-15-5-8-20(26)18-6-2-3-7-19(18)24/h2-4,6-7,9-14,20H,5,8,15H2,1H3/t20-/m1/s1. The highest BCUT2D eigenvalue weighted by atomic mass is 35.5. The summed E-state index contributed by atoms with van der Waals surface area (Å²) in [4.78, 5) is 19.5. The van der Waals surface area contributed by atoms with Gasteiger partial charge in [0.1, 0.15) is 11.4 Å². The van der Waals surface area contributed by atoms with Crippen LogP contribution in [0.2, 0.25) is 5.02 Å². The van der Waals surface area contributed by atoms with E-state index in [0.29, 0.717) is 16.3 Å². The number of nitrogens with zero attached hydrogens (tertiary/aromatic N) is 2. The SMILES string of the molecule is COc1cccnc1-c1ccc(C(=O)N2CCC[C@@H]2c2ccccc2Cl)cc1. The minimum Gasteiger partial charge on any atom is -0.494 e. The average molecular weight is 393 g/mol. The molecule has 2 aromatic carbocycles. The Bertz CT molecular complexity index is 988. The van der Waals surface area contributed by atoms with Crippen molar-refractivity contribution in [3.63, 3.8) is 0 Å². The molecular formula is C23H21ClN2O2. The van der Waals surface area contributed by atoms with Gasteiger partial charge in [-0.25, -0.2) is 0 Å². The normalized spacial score (nSPS) is 16.2. The van der Waals surface area contributed by atoms with E-state index < -0.39 is 0 Å². The molecule has 1 aliphatic heterocycles. The maximum atomic E-state index is 13.2. The third kappa shape index (κ3) is 3.48. The number of carbonyl (C=O) groups excluding carboxylic acids is 1. The van der Waals surface area contributed by atoms with Gasteiger partial charge >= 0.3 is 0 Å². The van der Waals surface area contributed by atoms with E-state index in [9.17, 15) is 4.79 Å². The zero-order valence-electron chi connectivity index (χ0n) is 15.6. The van der Waals surface area contributed by atoms with Crippen LogP contribution < -0.4 is 4.74 Å². The lowest BCUT2D eigenvalue weighted by atomic mass is 10.0. The molecule has 0 spiro atoms. The van der Waals surface area contributed by atoms with Crippen LogP contribution in [-0.4, -0.2) is 29.4 Å². The minimum atomic E-state index is 0.0248. The number of hydrogen-bond acceptors (Lipinski definition) is 3. The molecule has 2 heterocycles. The van der Waals surface area contributed by atoms with E-state index in [0.717, 1.165) is 36.2 Å². The second kappa shape index (κ2) is 8.03. The zero-order chi connectivity index (χ0) is 19.5. The molecular weight excluding hydrogens is 372 g/mol. The summed E-state index contributed by atoms with van der Waals surface area (Å²) in [6.45, 7) is 0.741. The smallest absolute Gasteiger partial charge is 0.254 e. The molecule has 1 atom stereocenters. The topological polar surface area (TPSA) is 42.4 Å². The molecule has 142 valence electrons. The molecule has 5 heteroatoms. The molecule has 1 aromatic heterocycles. The van der Waals surface area contributed by atoms with Crippen molar-refractivity contribution in [3.05, 3.63) is 83.0 Å². The largest absolute Gasteiger partial charge is 0.494 e. The average Bonchev–Trinajstić information content (AvgIpc) is 3.23. The fourth-order valence-electron chi connectivity index (χ4n) is 3.79. The third-order valence-corrected chi connectivity index (χ3v) is 5.52. The van der Waals surface area contributed by atoms with Crippen LogP contribution in [-0.2, 0) is 0 Å². The predicted molar refractivity (Wildman–Crippen MR) is 111 cm³/mol. The third-order valence-electron chi connectivity index (χ3n) is 5.17. The second-order valence-corrected chi connectivity index (χ2v) is 7.22. The van der Waals surface area contributed by atoms with Gasteiger partial charge < -0.3 is 9.64 Å². The van der Waals surface area contributed by atoms with E-state index in [1.165, 1.54) is 0 Å². The van der Waals surface area contributed by atoms with Crippen molar-refractivity contribution in [1.29, 1.82) is 0 Å². The van der Waals surface area contributed by atoms with Gasteiger partial charge in [0.25, 0.3) is 5.91 Å². The van der Waals surface area contributed by atoms with Crippen LogP contribution in [0.3, 0.4) is 0 Å². The Labute approximate surface area is 169 Å². The molecule has 28 heavy (non-hydrogen) atoms. The van der Waals surface area contributed by atoms with Crippen LogP contribution in [0.4, 0.5) is 0 Å². The first kappa shape index (κ1) is 18.5. The van der Waals surface area contributed by atoms with Gasteiger partial charge in [-0.1, -0.05) is 41.9 Å². The van der Waals surface area contributed by atoms with Gasteiger partial charge in [0.15, 0.2) is 0 Å². The minimum absolute atomic E-state index is 0.0248. The van der Waals surface area contributed by atoms with Gasteiger partial charge in [-0.15, -0.1) is 0 Å². The molecule has 0 aliphatic carbocycles. The summed E-state index contributed by atoms with van der Waals surface area (Å²) in [5, 5.41) is 0.713. The molecule has 3 aromatic rings. The number of amides is 1. The number of benzene rings is 2. The first-order valence-corrected chi connectivity index (χ1v) is 9.71. The van der Waals surface area contributed by atoms with Crippen LogP contribution in [0, 0.1) is 0 Å². The summed E-state index contributed by atoms with van der Waals surface area (Å²) in [7, 11) is 1.63. The molecule has 4 nitrogen and oxygen atoms in total. The molecule has 0 bridgehead atoms. The Balaban J connectivity index is 1.59. The predicted octanol–water partition coefficient (Wildman–Crippen LogP) is 5.39. The first-order chi connectivity index (χ1) is 13.7. The summed E-state index contributed by atoms with van der Waals surface area (Å²) < 4.78 is 5.38. The highest BCUT2D eigenvalue weighted by Crippen LogP contribution is 2.37. The Hall–Kier alpha value is -2.85. The summed E-state index contributed by atoms with van der Waals surface area (Å²) in [5.74, 6) is 0.738. The quantitative estimate of drug-likeness (QED) is 0.598. The highest BCUT2D eigenvalue weighted by molar-refractivity contribution is 6.31. The van der Waals surface area contributed by atoms with Crippen LogP contribution in [0.1, 0.15) is 34.8 Å². The number of likely N-dealkylation sites (tertiary alicyclic amines) is 1. The van der Waals surface area contributed by atoms with Crippen LogP contribution in [0.15, 0.2) is 66.9 Å². The monoisotopic (exact) mass is 392 g/mol. The van der Waals surface area contributed by atoms with Crippen LogP contribution in [0.25, 0.3) is 11.3 Å². The first-order valence-electron chi connectivity index (χ1n) is 9.34. The fraction of sp³-hybridized carbons (Fsp3) is 0.217. The van der Waals surface area contributed by atoms with Crippen molar-refractivity contribution in [2.75, 3.05) is 13.7 Å². The second-order valence-electron chi connectivity index (χ2n) is 6.81. The molecule has 1 fully saturated rings. The van der Waals surface area contributed by atoms with E-state index in [4.69, 9.17) is 16.3 Å². The van der Waals surface area contributed by atoms with E-state index in [2.05, 4.69) is 4.98 Å². The van der Waals surface area contributed by atoms with Gasteiger partial charge in [0, 0.05) is 28.9 Å². The highest BCUT2D eigenvalue weighted by Gasteiger charge is 2.31. The number of aromatic nitrogens is 1. The van der Waals surface area contributed by atoms with E-state index in [-0.39, 0.29) is 11.9 Å². The molecule has 0 unspecified atom stereocenters. The molecule has 1 saturated heterocycles. The van der Waals surface area contributed by atoms with Crippen molar-refractivity contribution in [3.8, 4) is 17.0 Å². The summed E-state index contributed by atoms with van der Waals surface area (Å²) in [6, 6.07) is 19.1.